The van der Waals surface area contributed by atoms with Crippen LogP contribution in [0, 0.1) is 5.82 Å². The number of urea groups is 1. The summed E-state index contributed by atoms with van der Waals surface area (Å²) in [7, 11) is 1.38. The lowest BCUT2D eigenvalue weighted by atomic mass is 10.1. The summed E-state index contributed by atoms with van der Waals surface area (Å²) in [5, 5.41) is 9.99. The summed E-state index contributed by atoms with van der Waals surface area (Å²) in [6.45, 7) is 7.03. The van der Waals surface area contributed by atoms with Gasteiger partial charge in [-0.1, -0.05) is 0 Å². The van der Waals surface area contributed by atoms with Crippen molar-refractivity contribution in [3.05, 3.63) is 29.6 Å². The highest BCUT2D eigenvalue weighted by Gasteiger charge is 2.21. The van der Waals surface area contributed by atoms with Gasteiger partial charge in [-0.25, -0.2) is 9.18 Å². The van der Waals surface area contributed by atoms with Crippen molar-refractivity contribution in [1.29, 1.82) is 0 Å². The van der Waals surface area contributed by atoms with Crippen LogP contribution in [0.25, 0.3) is 0 Å². The van der Waals surface area contributed by atoms with E-state index in [1.54, 1.807) is 6.92 Å². The zero-order valence-corrected chi connectivity index (χ0v) is 14.4. The van der Waals surface area contributed by atoms with Gasteiger partial charge in [0.05, 0.1) is 5.56 Å². The predicted octanol–water partition coefficient (Wildman–Crippen LogP) is 1.61. The zero-order valence-electron chi connectivity index (χ0n) is 14.4. The third kappa shape index (κ3) is 5.86. The molecule has 1 rings (SSSR count). The molecule has 0 aliphatic heterocycles. The molecule has 24 heavy (non-hydrogen) atoms. The molecule has 1 aromatic rings. The Morgan fingerprint density at radius 2 is 1.79 bits per heavy atom. The van der Waals surface area contributed by atoms with Gasteiger partial charge in [0.1, 0.15) is 11.9 Å². The molecule has 1 aromatic carbocycles. The molecule has 0 bridgehead atoms. The molecule has 0 radical (unpaired) electrons. The molecular weight excluding hydrogens is 315 g/mol. The number of hydrogen-bond donors (Lipinski definition) is 4. The van der Waals surface area contributed by atoms with Gasteiger partial charge in [0, 0.05) is 18.3 Å². The Kier molecular flexibility index (Phi) is 6.27. The molecule has 132 valence electrons. The first kappa shape index (κ1) is 19.4. The van der Waals surface area contributed by atoms with E-state index in [-0.39, 0.29) is 17.2 Å². The van der Waals surface area contributed by atoms with Crippen molar-refractivity contribution in [3.8, 4) is 0 Å². The number of anilines is 1. The Hall–Kier alpha value is -2.64. The largest absolute Gasteiger partial charge is 0.355 e. The average Bonchev–Trinajstić information content (AvgIpc) is 2.46. The van der Waals surface area contributed by atoms with E-state index in [9.17, 15) is 18.8 Å². The lowest BCUT2D eigenvalue weighted by molar-refractivity contribution is -0.123. The van der Waals surface area contributed by atoms with Crippen LogP contribution in [0.2, 0.25) is 0 Å². The van der Waals surface area contributed by atoms with Crippen LogP contribution in [0.1, 0.15) is 38.1 Å². The van der Waals surface area contributed by atoms with Gasteiger partial charge in [-0.3, -0.25) is 9.59 Å². The van der Waals surface area contributed by atoms with Crippen LogP contribution in [-0.4, -0.2) is 36.5 Å². The molecule has 0 saturated heterocycles. The summed E-state index contributed by atoms with van der Waals surface area (Å²) in [5.74, 6) is -1.63. The maximum Gasteiger partial charge on any atom is 0.319 e. The third-order valence-corrected chi connectivity index (χ3v) is 2.94. The quantitative estimate of drug-likeness (QED) is 0.671. The number of halogens is 1. The second kappa shape index (κ2) is 7.76. The summed E-state index contributed by atoms with van der Waals surface area (Å²) in [4.78, 5) is 35.4. The van der Waals surface area contributed by atoms with E-state index in [0.717, 1.165) is 6.07 Å². The summed E-state index contributed by atoms with van der Waals surface area (Å²) in [5.41, 5.74) is -0.368. The lowest BCUT2D eigenvalue weighted by Crippen LogP contribution is -2.51. The molecule has 8 heteroatoms. The van der Waals surface area contributed by atoms with Gasteiger partial charge < -0.3 is 21.3 Å². The third-order valence-electron chi connectivity index (χ3n) is 2.94. The highest BCUT2D eigenvalue weighted by Crippen LogP contribution is 2.14. The molecule has 7 nitrogen and oxygen atoms in total. The molecule has 0 aliphatic carbocycles. The van der Waals surface area contributed by atoms with Gasteiger partial charge >= 0.3 is 6.03 Å². The summed E-state index contributed by atoms with van der Waals surface area (Å²) < 4.78 is 13.6. The molecule has 0 heterocycles. The van der Waals surface area contributed by atoms with E-state index < -0.39 is 29.3 Å². The molecule has 4 N–H and O–H groups in total. The van der Waals surface area contributed by atoms with Crippen molar-refractivity contribution in [2.24, 2.45) is 0 Å². The molecule has 0 spiro atoms. The van der Waals surface area contributed by atoms with E-state index in [0.29, 0.717) is 0 Å². The molecule has 0 fully saturated rings. The highest BCUT2D eigenvalue weighted by molar-refractivity contribution is 5.97. The van der Waals surface area contributed by atoms with Gasteiger partial charge in [0.25, 0.3) is 5.91 Å². The van der Waals surface area contributed by atoms with Crippen molar-refractivity contribution in [3.63, 3.8) is 0 Å². The van der Waals surface area contributed by atoms with Crippen molar-refractivity contribution in [2.45, 2.75) is 39.3 Å². The first-order valence-corrected chi connectivity index (χ1v) is 7.44. The number of carbonyl (C=O) groups excluding carboxylic acids is 3. The highest BCUT2D eigenvalue weighted by atomic mass is 19.1. The first-order valence-electron chi connectivity index (χ1n) is 7.44. The van der Waals surface area contributed by atoms with E-state index in [2.05, 4.69) is 21.3 Å². The summed E-state index contributed by atoms with van der Waals surface area (Å²) >= 11 is 0. The number of amides is 4. The Labute approximate surface area is 140 Å². The van der Waals surface area contributed by atoms with E-state index in [1.807, 2.05) is 20.8 Å². The van der Waals surface area contributed by atoms with E-state index >= 15 is 0 Å². The molecule has 1 atom stereocenters. The number of benzene rings is 1. The standard InChI is InChI=1S/C16H23FN4O3/c1-9(13(22)21-16(2,3)4)19-15(24)20-10-6-7-12(17)11(8-10)14(23)18-5/h6-9H,1-5H3,(H,18,23)(H,21,22)(H2,19,20,24)/t9-/m1/s1. The molecular formula is C16H23FN4O3. The maximum absolute atomic E-state index is 13.6. The van der Waals surface area contributed by atoms with Crippen LogP contribution < -0.4 is 21.3 Å². The van der Waals surface area contributed by atoms with Crippen LogP contribution in [0.3, 0.4) is 0 Å². The average molecular weight is 338 g/mol. The summed E-state index contributed by atoms with van der Waals surface area (Å²) in [6, 6.07) is 2.22. The van der Waals surface area contributed by atoms with Gasteiger partial charge in [-0.15, -0.1) is 0 Å². The minimum absolute atomic E-state index is 0.186. The molecule has 4 amide bonds. The van der Waals surface area contributed by atoms with Gasteiger partial charge in [-0.2, -0.15) is 0 Å². The minimum Gasteiger partial charge on any atom is -0.355 e. The topological polar surface area (TPSA) is 99.3 Å². The SMILES string of the molecule is CNC(=O)c1cc(NC(=O)N[C@H](C)C(=O)NC(C)(C)C)ccc1F. The second-order valence-corrected chi connectivity index (χ2v) is 6.33. The van der Waals surface area contributed by atoms with Crippen molar-refractivity contribution in [2.75, 3.05) is 12.4 Å². The Balaban J connectivity index is 2.72. The lowest BCUT2D eigenvalue weighted by Gasteiger charge is -2.23. The number of carbonyl (C=O) groups is 3. The second-order valence-electron chi connectivity index (χ2n) is 6.33. The van der Waals surface area contributed by atoms with Crippen LogP contribution >= 0.6 is 0 Å². The zero-order chi connectivity index (χ0) is 18.5. The molecule has 0 aromatic heterocycles. The van der Waals surface area contributed by atoms with Crippen molar-refractivity contribution in [1.82, 2.24) is 16.0 Å². The van der Waals surface area contributed by atoms with E-state index in [4.69, 9.17) is 0 Å². The van der Waals surface area contributed by atoms with Crippen molar-refractivity contribution < 1.29 is 18.8 Å². The molecule has 0 saturated carbocycles. The maximum atomic E-state index is 13.6. The van der Waals surface area contributed by atoms with Crippen LogP contribution in [0.5, 0.6) is 0 Å². The smallest absolute Gasteiger partial charge is 0.319 e. The Morgan fingerprint density at radius 3 is 2.33 bits per heavy atom. The van der Waals surface area contributed by atoms with E-state index in [1.165, 1.54) is 19.2 Å². The summed E-state index contributed by atoms with van der Waals surface area (Å²) in [6.07, 6.45) is 0. The van der Waals surface area contributed by atoms with Gasteiger partial charge in [-0.05, 0) is 45.9 Å². The molecule has 0 aliphatic rings. The fourth-order valence-corrected chi connectivity index (χ4v) is 1.82. The Morgan fingerprint density at radius 1 is 1.17 bits per heavy atom. The van der Waals surface area contributed by atoms with Crippen LogP contribution in [0.4, 0.5) is 14.9 Å². The fraction of sp³-hybridized carbons (Fsp3) is 0.438. The van der Waals surface area contributed by atoms with Gasteiger partial charge in [0.2, 0.25) is 5.91 Å². The minimum atomic E-state index is -0.761. The Bertz CT molecular complexity index is 641. The number of rotatable bonds is 4. The molecule has 0 unspecified atom stereocenters. The number of nitrogens with one attached hydrogen (secondary N) is 4. The first-order chi connectivity index (χ1) is 11.0. The number of hydrogen-bond acceptors (Lipinski definition) is 3. The van der Waals surface area contributed by atoms with Gasteiger partial charge in [0.15, 0.2) is 0 Å². The fourth-order valence-electron chi connectivity index (χ4n) is 1.82. The predicted molar refractivity (Wildman–Crippen MR) is 89.3 cm³/mol. The van der Waals surface area contributed by atoms with Crippen LogP contribution in [0.15, 0.2) is 18.2 Å². The van der Waals surface area contributed by atoms with Crippen molar-refractivity contribution >= 4 is 23.5 Å². The normalized spacial score (nSPS) is 12.1. The van der Waals surface area contributed by atoms with Crippen LogP contribution in [-0.2, 0) is 4.79 Å². The monoisotopic (exact) mass is 338 g/mol.